The van der Waals surface area contributed by atoms with E-state index in [1.54, 1.807) is 0 Å². The SMILES string of the molecule is COC(=O)CCC1(CC2(CCC(=O)OC)c3ccccc3-c3nc4ccccc4cc32)c2ccccc2-c2nc3ccccc3cc21. The van der Waals surface area contributed by atoms with E-state index in [0.717, 1.165) is 66.6 Å². The first-order valence-corrected chi connectivity index (χ1v) is 16.1. The molecule has 2 atom stereocenters. The predicted molar refractivity (Wildman–Crippen MR) is 183 cm³/mol. The van der Waals surface area contributed by atoms with E-state index in [0.29, 0.717) is 19.3 Å². The van der Waals surface area contributed by atoms with E-state index in [-0.39, 0.29) is 24.8 Å². The van der Waals surface area contributed by atoms with Crippen molar-refractivity contribution in [2.75, 3.05) is 14.2 Å². The average Bonchev–Trinajstić information content (AvgIpc) is 3.53. The molecule has 8 rings (SSSR count). The van der Waals surface area contributed by atoms with Gasteiger partial charge in [-0.1, -0.05) is 84.9 Å². The number of rotatable bonds is 8. The zero-order valence-corrected chi connectivity index (χ0v) is 26.5. The summed E-state index contributed by atoms with van der Waals surface area (Å²) >= 11 is 0. The molecule has 2 aromatic heterocycles. The largest absolute Gasteiger partial charge is 0.469 e. The summed E-state index contributed by atoms with van der Waals surface area (Å²) in [5, 5.41) is 2.09. The molecule has 47 heavy (non-hydrogen) atoms. The molecule has 0 saturated carbocycles. The standard InChI is InChI=1S/C41H34N2O4/c1-46-36(44)19-21-40(30-15-7-5-13-28(30)38-32(40)23-26-11-3-9-17-34(26)42-38)25-41(22-20-37(45)47-2)31-16-8-6-14-29(31)39-33(41)24-27-12-4-10-18-35(27)43-39/h3-18,23-24H,19-22,25H2,1-2H3. The van der Waals surface area contributed by atoms with Crippen molar-refractivity contribution >= 4 is 33.7 Å². The highest BCUT2D eigenvalue weighted by Gasteiger charge is 2.54. The molecular formula is C41H34N2O4. The molecule has 0 radical (unpaired) electrons. The number of carbonyl (C=O) groups excluding carboxylic acids is 2. The molecule has 0 saturated heterocycles. The fourth-order valence-electron chi connectivity index (χ4n) is 8.32. The number of para-hydroxylation sites is 2. The predicted octanol–water partition coefficient (Wildman–Crippen LogP) is 8.31. The van der Waals surface area contributed by atoms with Crippen molar-refractivity contribution in [2.24, 2.45) is 0 Å². The fourth-order valence-corrected chi connectivity index (χ4v) is 8.32. The van der Waals surface area contributed by atoms with Gasteiger partial charge in [-0.15, -0.1) is 0 Å². The van der Waals surface area contributed by atoms with E-state index < -0.39 is 10.8 Å². The van der Waals surface area contributed by atoms with Crippen molar-refractivity contribution < 1.29 is 19.1 Å². The van der Waals surface area contributed by atoms with Crippen LogP contribution < -0.4 is 0 Å². The number of fused-ring (bicyclic) bond motifs is 8. The minimum Gasteiger partial charge on any atom is -0.469 e. The van der Waals surface area contributed by atoms with E-state index in [4.69, 9.17) is 19.4 Å². The second-order valence-corrected chi connectivity index (χ2v) is 12.7. The Morgan fingerprint density at radius 2 is 0.957 bits per heavy atom. The first-order valence-electron chi connectivity index (χ1n) is 16.1. The number of hydrogen-bond donors (Lipinski definition) is 0. The smallest absolute Gasteiger partial charge is 0.305 e. The van der Waals surface area contributed by atoms with Crippen molar-refractivity contribution in [3.63, 3.8) is 0 Å². The summed E-state index contributed by atoms with van der Waals surface area (Å²) in [4.78, 5) is 36.4. The van der Waals surface area contributed by atoms with Crippen molar-refractivity contribution in [3.05, 3.63) is 131 Å². The first-order chi connectivity index (χ1) is 23.0. The number of nitrogens with zero attached hydrogens (tertiary/aromatic N) is 2. The van der Waals surface area contributed by atoms with Crippen molar-refractivity contribution in [1.29, 1.82) is 0 Å². The van der Waals surface area contributed by atoms with Crippen molar-refractivity contribution in [2.45, 2.75) is 42.9 Å². The monoisotopic (exact) mass is 618 g/mol. The lowest BCUT2D eigenvalue weighted by molar-refractivity contribution is -0.141. The summed E-state index contributed by atoms with van der Waals surface area (Å²) in [6.07, 6.45) is 2.09. The quantitative estimate of drug-likeness (QED) is 0.160. The molecule has 6 heteroatoms. The van der Waals surface area contributed by atoms with E-state index in [9.17, 15) is 9.59 Å². The molecule has 2 aliphatic carbocycles. The second kappa shape index (κ2) is 11.2. The van der Waals surface area contributed by atoms with E-state index in [2.05, 4.69) is 72.8 Å². The summed E-state index contributed by atoms with van der Waals surface area (Å²) in [6, 6.07) is 37.8. The Balaban J connectivity index is 1.44. The molecular weight excluding hydrogens is 584 g/mol. The van der Waals surface area contributed by atoms with E-state index >= 15 is 0 Å². The Hall–Kier alpha value is -5.36. The fraction of sp³-hybridized carbons (Fsp3) is 0.220. The molecule has 6 nitrogen and oxygen atoms in total. The molecule has 0 bridgehead atoms. The Morgan fingerprint density at radius 3 is 1.40 bits per heavy atom. The van der Waals surface area contributed by atoms with Gasteiger partial charge in [0, 0.05) is 45.6 Å². The zero-order chi connectivity index (χ0) is 32.2. The lowest BCUT2D eigenvalue weighted by atomic mass is 9.60. The molecule has 6 aromatic rings. The van der Waals surface area contributed by atoms with Crippen LogP contribution in [0.2, 0.25) is 0 Å². The number of ether oxygens (including phenoxy) is 2. The van der Waals surface area contributed by atoms with E-state index in [1.165, 1.54) is 14.2 Å². The number of esters is 2. The normalized spacial score (nSPS) is 18.8. The number of hydrogen-bond acceptors (Lipinski definition) is 6. The maximum absolute atomic E-state index is 13.0. The number of carbonyl (C=O) groups is 2. The highest BCUT2D eigenvalue weighted by molar-refractivity contribution is 5.91. The molecule has 2 aliphatic rings. The summed E-state index contributed by atoms with van der Waals surface area (Å²) < 4.78 is 10.4. The van der Waals surface area contributed by atoms with Gasteiger partial charge < -0.3 is 9.47 Å². The molecule has 0 aliphatic heterocycles. The third kappa shape index (κ3) is 4.46. The van der Waals surface area contributed by atoms with Gasteiger partial charge in [0.25, 0.3) is 0 Å². The molecule has 0 N–H and O–H groups in total. The number of aromatic nitrogens is 2. The van der Waals surface area contributed by atoms with E-state index in [1.807, 2.05) is 36.4 Å². The summed E-state index contributed by atoms with van der Waals surface area (Å²) in [6.45, 7) is 0. The minimum absolute atomic E-state index is 0.231. The van der Waals surface area contributed by atoms with Crippen LogP contribution in [0.25, 0.3) is 44.3 Å². The highest BCUT2D eigenvalue weighted by Crippen LogP contribution is 2.62. The number of pyridine rings is 2. The maximum atomic E-state index is 13.0. The van der Waals surface area contributed by atoms with Crippen LogP contribution in [0.5, 0.6) is 0 Å². The Labute approximate surface area is 273 Å². The van der Waals surface area contributed by atoms with Gasteiger partial charge in [0.15, 0.2) is 0 Å². The Morgan fingerprint density at radius 1 is 0.553 bits per heavy atom. The van der Waals surface area contributed by atoms with Crippen LogP contribution in [0.4, 0.5) is 0 Å². The van der Waals surface area contributed by atoms with Gasteiger partial charge in [0.2, 0.25) is 0 Å². The van der Waals surface area contributed by atoms with Crippen molar-refractivity contribution in [3.8, 4) is 22.5 Å². The van der Waals surface area contributed by atoms with Crippen molar-refractivity contribution in [1.82, 2.24) is 9.97 Å². The highest BCUT2D eigenvalue weighted by atomic mass is 16.5. The van der Waals surface area contributed by atoms with Gasteiger partial charge in [-0.3, -0.25) is 9.59 Å². The van der Waals surface area contributed by atoms with Crippen LogP contribution in [-0.4, -0.2) is 36.1 Å². The molecule has 2 heterocycles. The molecule has 4 aromatic carbocycles. The molecule has 0 fully saturated rings. The topological polar surface area (TPSA) is 78.4 Å². The van der Waals surface area contributed by atoms with Crippen LogP contribution in [0.15, 0.2) is 109 Å². The van der Waals surface area contributed by atoms with Crippen LogP contribution in [0, 0.1) is 0 Å². The van der Waals surface area contributed by atoms with Gasteiger partial charge in [-0.25, -0.2) is 9.97 Å². The Kier molecular flexibility index (Phi) is 6.90. The molecule has 2 unspecified atom stereocenters. The number of methoxy groups -OCH3 is 2. The van der Waals surface area contributed by atoms with Gasteiger partial charge in [-0.05, 0) is 65.8 Å². The van der Waals surface area contributed by atoms with Crippen LogP contribution in [0.3, 0.4) is 0 Å². The third-order valence-electron chi connectivity index (χ3n) is 10.4. The molecule has 232 valence electrons. The average molecular weight is 619 g/mol. The van der Waals surface area contributed by atoms with Gasteiger partial charge in [0.05, 0.1) is 36.6 Å². The van der Waals surface area contributed by atoms with Gasteiger partial charge in [-0.2, -0.15) is 0 Å². The minimum atomic E-state index is -0.631. The van der Waals surface area contributed by atoms with Crippen LogP contribution >= 0.6 is 0 Å². The second-order valence-electron chi connectivity index (χ2n) is 12.7. The molecule has 0 spiro atoms. The van der Waals surface area contributed by atoms with Gasteiger partial charge >= 0.3 is 11.9 Å². The molecule has 0 amide bonds. The lowest BCUT2D eigenvalue weighted by Crippen LogP contribution is -2.39. The van der Waals surface area contributed by atoms with Crippen LogP contribution in [0.1, 0.15) is 54.4 Å². The number of benzene rings is 4. The Bertz CT molecular complexity index is 2070. The summed E-state index contributed by atoms with van der Waals surface area (Å²) in [5.74, 6) is -0.514. The summed E-state index contributed by atoms with van der Waals surface area (Å²) in [5.41, 5.74) is 9.09. The maximum Gasteiger partial charge on any atom is 0.305 e. The van der Waals surface area contributed by atoms with Crippen LogP contribution in [-0.2, 0) is 29.9 Å². The van der Waals surface area contributed by atoms with Gasteiger partial charge in [0.1, 0.15) is 0 Å². The zero-order valence-electron chi connectivity index (χ0n) is 26.5. The lowest BCUT2D eigenvalue weighted by Gasteiger charge is -2.42. The first kappa shape index (κ1) is 29.1. The summed E-state index contributed by atoms with van der Waals surface area (Å²) in [7, 11) is 2.89. The third-order valence-corrected chi connectivity index (χ3v) is 10.4.